The van der Waals surface area contributed by atoms with Gasteiger partial charge < -0.3 is 10.6 Å². The molecule has 6 heteroatoms. The van der Waals surface area contributed by atoms with Crippen molar-refractivity contribution < 1.29 is 14.0 Å². The molecule has 0 fully saturated rings. The van der Waals surface area contributed by atoms with E-state index in [4.69, 9.17) is 0 Å². The summed E-state index contributed by atoms with van der Waals surface area (Å²) in [6, 6.07) is 16.7. The Morgan fingerprint density at radius 3 is 2.30 bits per heavy atom. The number of aromatic nitrogens is 1. The summed E-state index contributed by atoms with van der Waals surface area (Å²) in [6.45, 7) is 1.52. The fraction of sp³-hybridized carbons (Fsp3) is 0.0952. The van der Waals surface area contributed by atoms with Crippen LogP contribution in [0, 0.1) is 5.82 Å². The first-order valence-electron chi connectivity index (χ1n) is 8.38. The van der Waals surface area contributed by atoms with E-state index in [0.717, 1.165) is 11.4 Å². The Hall–Kier alpha value is -3.54. The third-order valence-electron chi connectivity index (χ3n) is 3.92. The molecule has 0 aliphatic heterocycles. The number of ketones is 1. The number of benzene rings is 2. The Labute approximate surface area is 156 Å². The van der Waals surface area contributed by atoms with Gasteiger partial charge in [0.2, 0.25) is 5.91 Å². The van der Waals surface area contributed by atoms with Crippen LogP contribution in [0.5, 0.6) is 0 Å². The van der Waals surface area contributed by atoms with Crippen molar-refractivity contribution in [3.63, 3.8) is 0 Å². The minimum absolute atomic E-state index is 0.0127. The highest BCUT2D eigenvalue weighted by atomic mass is 19.1. The molecule has 0 bridgehead atoms. The minimum atomic E-state index is -0.407. The number of hydrogen-bond acceptors (Lipinski definition) is 4. The van der Waals surface area contributed by atoms with E-state index in [1.165, 1.54) is 13.0 Å². The minimum Gasteiger partial charge on any atom is -0.354 e. The molecule has 2 N–H and O–H groups in total. The fourth-order valence-electron chi connectivity index (χ4n) is 2.50. The second-order valence-corrected chi connectivity index (χ2v) is 6.01. The van der Waals surface area contributed by atoms with Crippen molar-refractivity contribution in [1.82, 2.24) is 4.98 Å². The van der Waals surface area contributed by atoms with Gasteiger partial charge in [0.1, 0.15) is 11.6 Å². The van der Waals surface area contributed by atoms with E-state index in [1.807, 2.05) is 0 Å². The molecule has 0 saturated carbocycles. The van der Waals surface area contributed by atoms with Crippen LogP contribution in [0.25, 0.3) is 0 Å². The molecule has 5 nitrogen and oxygen atoms in total. The topological polar surface area (TPSA) is 71.1 Å². The number of rotatable bonds is 6. The van der Waals surface area contributed by atoms with Crippen molar-refractivity contribution in [3.8, 4) is 0 Å². The Morgan fingerprint density at radius 1 is 0.963 bits per heavy atom. The first kappa shape index (κ1) is 18.3. The lowest BCUT2D eigenvalue weighted by atomic mass is 10.1. The zero-order valence-corrected chi connectivity index (χ0v) is 14.7. The molecule has 3 aromatic rings. The lowest BCUT2D eigenvalue weighted by molar-refractivity contribution is -0.115. The lowest BCUT2D eigenvalue weighted by Gasteiger charge is -2.09. The van der Waals surface area contributed by atoms with Crippen LogP contribution in [-0.2, 0) is 11.2 Å². The molecule has 136 valence electrons. The maximum atomic E-state index is 13.6. The van der Waals surface area contributed by atoms with E-state index in [9.17, 15) is 14.0 Å². The molecule has 1 aromatic heterocycles. The number of carbonyl (C=O) groups excluding carboxylic acids is 2. The maximum absolute atomic E-state index is 13.6. The van der Waals surface area contributed by atoms with Crippen LogP contribution in [0.3, 0.4) is 0 Å². The van der Waals surface area contributed by atoms with E-state index in [0.29, 0.717) is 16.9 Å². The van der Waals surface area contributed by atoms with E-state index < -0.39 is 5.82 Å². The number of halogens is 1. The Kier molecular flexibility index (Phi) is 5.56. The summed E-state index contributed by atoms with van der Waals surface area (Å²) in [4.78, 5) is 27.5. The number of anilines is 3. The van der Waals surface area contributed by atoms with Crippen LogP contribution in [0.2, 0.25) is 0 Å². The van der Waals surface area contributed by atoms with Crippen molar-refractivity contribution in [3.05, 3.63) is 83.8 Å². The summed E-state index contributed by atoms with van der Waals surface area (Å²) in [5, 5.41) is 5.81. The van der Waals surface area contributed by atoms with Gasteiger partial charge in [0, 0.05) is 11.3 Å². The molecule has 0 unspecified atom stereocenters. The van der Waals surface area contributed by atoms with Gasteiger partial charge in [-0.15, -0.1) is 0 Å². The van der Waals surface area contributed by atoms with E-state index >= 15 is 0 Å². The van der Waals surface area contributed by atoms with Crippen LogP contribution in [0.1, 0.15) is 22.8 Å². The lowest BCUT2D eigenvalue weighted by Crippen LogP contribution is -2.16. The van der Waals surface area contributed by atoms with Crippen LogP contribution < -0.4 is 10.6 Å². The zero-order valence-electron chi connectivity index (χ0n) is 14.7. The Balaban J connectivity index is 1.59. The number of hydrogen-bond donors (Lipinski definition) is 2. The van der Waals surface area contributed by atoms with Gasteiger partial charge in [-0.25, -0.2) is 9.37 Å². The number of carbonyl (C=O) groups is 2. The van der Waals surface area contributed by atoms with Gasteiger partial charge in [0.15, 0.2) is 5.78 Å². The number of Topliss-reactive ketones (excluding diaryl/α,β-unsaturated/α-hetero) is 1. The van der Waals surface area contributed by atoms with Gasteiger partial charge in [0.25, 0.3) is 0 Å². The first-order valence-corrected chi connectivity index (χ1v) is 8.38. The molecule has 1 amide bonds. The first-order chi connectivity index (χ1) is 13.0. The highest BCUT2D eigenvalue weighted by molar-refractivity contribution is 5.94. The molecule has 27 heavy (non-hydrogen) atoms. The predicted octanol–water partition coefficient (Wildman–Crippen LogP) is 4.35. The van der Waals surface area contributed by atoms with Crippen molar-refractivity contribution >= 4 is 28.9 Å². The average molecular weight is 363 g/mol. The largest absolute Gasteiger partial charge is 0.354 e. The fourth-order valence-corrected chi connectivity index (χ4v) is 2.50. The molecule has 0 radical (unpaired) electrons. The molecule has 0 atom stereocenters. The van der Waals surface area contributed by atoms with Crippen molar-refractivity contribution in [2.75, 3.05) is 10.6 Å². The highest BCUT2D eigenvalue weighted by Crippen LogP contribution is 2.18. The predicted molar refractivity (Wildman–Crippen MR) is 103 cm³/mol. The summed E-state index contributed by atoms with van der Waals surface area (Å²) < 4.78 is 13.6. The van der Waals surface area contributed by atoms with Gasteiger partial charge in [-0.1, -0.05) is 18.2 Å². The Bertz CT molecular complexity index is 954. The SMILES string of the molecule is CC(=O)c1ccc(Nc2ccc(NC(=O)Cc3ccccc3F)nc2)cc1. The number of nitrogens with zero attached hydrogens (tertiary/aromatic N) is 1. The third-order valence-corrected chi connectivity index (χ3v) is 3.92. The molecule has 0 aliphatic rings. The van der Waals surface area contributed by atoms with Gasteiger partial charge >= 0.3 is 0 Å². The number of nitrogens with one attached hydrogen (secondary N) is 2. The second kappa shape index (κ2) is 8.23. The van der Waals surface area contributed by atoms with Gasteiger partial charge in [-0.05, 0) is 55.0 Å². The van der Waals surface area contributed by atoms with Crippen LogP contribution in [0.4, 0.5) is 21.6 Å². The monoisotopic (exact) mass is 363 g/mol. The van der Waals surface area contributed by atoms with E-state index in [2.05, 4.69) is 15.6 Å². The smallest absolute Gasteiger partial charge is 0.230 e. The molecule has 0 spiro atoms. The molecule has 0 saturated heterocycles. The van der Waals surface area contributed by atoms with Crippen LogP contribution in [0.15, 0.2) is 66.9 Å². The normalized spacial score (nSPS) is 10.3. The maximum Gasteiger partial charge on any atom is 0.230 e. The standard InChI is InChI=1S/C21H18FN3O2/c1-14(26)15-6-8-17(9-7-15)24-18-10-11-20(23-13-18)25-21(27)12-16-4-2-3-5-19(16)22/h2-11,13,24H,12H2,1H3,(H,23,25,27). The number of pyridine rings is 1. The molecule has 3 rings (SSSR count). The van der Waals surface area contributed by atoms with Crippen LogP contribution >= 0.6 is 0 Å². The van der Waals surface area contributed by atoms with Gasteiger partial charge in [0.05, 0.1) is 18.3 Å². The summed E-state index contributed by atoms with van der Waals surface area (Å²) in [5.41, 5.74) is 2.53. The number of amides is 1. The highest BCUT2D eigenvalue weighted by Gasteiger charge is 2.08. The quantitative estimate of drug-likeness (QED) is 0.639. The zero-order chi connectivity index (χ0) is 19.2. The molecular formula is C21H18FN3O2. The third kappa shape index (κ3) is 4.98. The van der Waals surface area contributed by atoms with E-state index in [1.54, 1.807) is 60.8 Å². The summed E-state index contributed by atoms with van der Waals surface area (Å²) in [5.74, 6) is -0.350. The van der Waals surface area contributed by atoms with Crippen LogP contribution in [-0.4, -0.2) is 16.7 Å². The average Bonchev–Trinajstić information content (AvgIpc) is 2.66. The van der Waals surface area contributed by atoms with Gasteiger partial charge in [-0.3, -0.25) is 9.59 Å². The second-order valence-electron chi connectivity index (χ2n) is 6.01. The van der Waals surface area contributed by atoms with Crippen molar-refractivity contribution in [2.24, 2.45) is 0 Å². The molecule has 1 heterocycles. The summed E-state index contributed by atoms with van der Waals surface area (Å²) in [7, 11) is 0. The van der Waals surface area contributed by atoms with Crippen molar-refractivity contribution in [1.29, 1.82) is 0 Å². The van der Waals surface area contributed by atoms with E-state index in [-0.39, 0.29) is 18.1 Å². The molecular weight excluding hydrogens is 345 g/mol. The Morgan fingerprint density at radius 2 is 1.67 bits per heavy atom. The molecule has 0 aliphatic carbocycles. The van der Waals surface area contributed by atoms with Gasteiger partial charge in [-0.2, -0.15) is 0 Å². The summed E-state index contributed by atoms with van der Waals surface area (Å²) >= 11 is 0. The van der Waals surface area contributed by atoms with Crippen molar-refractivity contribution in [2.45, 2.75) is 13.3 Å². The summed E-state index contributed by atoms with van der Waals surface area (Å²) in [6.07, 6.45) is 1.52. The molecule has 2 aromatic carbocycles.